The molecule has 1 N–H and O–H groups in total. The van der Waals surface area contributed by atoms with Gasteiger partial charge in [0.25, 0.3) is 5.69 Å². The first kappa shape index (κ1) is 13.0. The molecule has 6 nitrogen and oxygen atoms in total. The zero-order valence-electron chi connectivity index (χ0n) is 9.38. The SMILES string of the molecule is CCCCOc1cccc([N+](=O)[O-])c1C(=O)O. The number of rotatable bonds is 6. The molecular formula is C11H13NO5. The van der Waals surface area contributed by atoms with Crippen molar-refractivity contribution < 1.29 is 19.6 Å². The van der Waals surface area contributed by atoms with E-state index >= 15 is 0 Å². The van der Waals surface area contributed by atoms with E-state index in [1.54, 1.807) is 0 Å². The molecule has 6 heteroatoms. The summed E-state index contributed by atoms with van der Waals surface area (Å²) in [6.07, 6.45) is 1.67. The van der Waals surface area contributed by atoms with Crippen LogP contribution in [0.4, 0.5) is 5.69 Å². The van der Waals surface area contributed by atoms with Crippen molar-refractivity contribution in [3.63, 3.8) is 0 Å². The third kappa shape index (κ3) is 3.17. The zero-order chi connectivity index (χ0) is 12.8. The van der Waals surface area contributed by atoms with Crippen LogP contribution in [0.25, 0.3) is 0 Å². The number of ether oxygens (including phenoxy) is 1. The van der Waals surface area contributed by atoms with Crippen LogP contribution in [0.5, 0.6) is 5.75 Å². The Balaban J connectivity index is 3.07. The van der Waals surface area contributed by atoms with E-state index in [4.69, 9.17) is 9.84 Å². The number of nitro groups is 1. The van der Waals surface area contributed by atoms with E-state index in [1.807, 2.05) is 6.92 Å². The Morgan fingerprint density at radius 2 is 2.24 bits per heavy atom. The second kappa shape index (κ2) is 5.83. The van der Waals surface area contributed by atoms with E-state index in [1.165, 1.54) is 12.1 Å². The number of unbranched alkanes of at least 4 members (excludes halogenated alkanes) is 1. The number of hydrogen-bond donors (Lipinski definition) is 1. The molecule has 1 rings (SSSR count). The van der Waals surface area contributed by atoms with Crippen molar-refractivity contribution in [2.75, 3.05) is 6.61 Å². The standard InChI is InChI=1S/C11H13NO5/c1-2-3-7-17-9-6-4-5-8(12(15)16)10(9)11(13)14/h4-6H,2-3,7H2,1H3,(H,13,14). The van der Waals surface area contributed by atoms with Gasteiger partial charge in [0, 0.05) is 6.07 Å². The normalized spacial score (nSPS) is 9.94. The highest BCUT2D eigenvalue weighted by Gasteiger charge is 2.24. The Bertz CT molecular complexity index is 430. The zero-order valence-corrected chi connectivity index (χ0v) is 9.38. The second-order valence-corrected chi connectivity index (χ2v) is 3.41. The Hall–Kier alpha value is -2.11. The molecule has 0 aliphatic rings. The first-order valence-corrected chi connectivity index (χ1v) is 5.21. The van der Waals surface area contributed by atoms with E-state index < -0.39 is 22.1 Å². The summed E-state index contributed by atoms with van der Waals surface area (Å²) in [5.74, 6) is -1.32. The second-order valence-electron chi connectivity index (χ2n) is 3.41. The Morgan fingerprint density at radius 3 is 2.76 bits per heavy atom. The van der Waals surface area contributed by atoms with Crippen molar-refractivity contribution in [3.05, 3.63) is 33.9 Å². The lowest BCUT2D eigenvalue weighted by Gasteiger charge is -2.08. The quantitative estimate of drug-likeness (QED) is 0.468. The van der Waals surface area contributed by atoms with Crippen molar-refractivity contribution in [3.8, 4) is 5.75 Å². The van der Waals surface area contributed by atoms with Crippen molar-refractivity contribution in [1.82, 2.24) is 0 Å². The van der Waals surface area contributed by atoms with Gasteiger partial charge in [-0.2, -0.15) is 0 Å². The molecule has 0 aromatic heterocycles. The molecule has 1 aromatic rings. The lowest BCUT2D eigenvalue weighted by atomic mass is 10.1. The van der Waals surface area contributed by atoms with Crippen molar-refractivity contribution in [1.29, 1.82) is 0 Å². The lowest BCUT2D eigenvalue weighted by molar-refractivity contribution is -0.385. The minimum Gasteiger partial charge on any atom is -0.492 e. The van der Waals surface area contributed by atoms with Gasteiger partial charge in [0.1, 0.15) is 5.75 Å². The predicted molar refractivity (Wildman–Crippen MR) is 60.5 cm³/mol. The molecule has 0 aliphatic heterocycles. The minimum atomic E-state index is -1.36. The van der Waals surface area contributed by atoms with Crippen LogP contribution in [0.2, 0.25) is 0 Å². The molecule has 0 amide bonds. The van der Waals surface area contributed by atoms with Gasteiger partial charge in [0.2, 0.25) is 0 Å². The highest BCUT2D eigenvalue weighted by atomic mass is 16.6. The molecule has 0 saturated carbocycles. The first-order chi connectivity index (χ1) is 8.07. The van der Waals surface area contributed by atoms with Crippen LogP contribution in [0.15, 0.2) is 18.2 Å². The number of nitro benzene ring substituents is 1. The fraction of sp³-hybridized carbons (Fsp3) is 0.364. The topological polar surface area (TPSA) is 89.7 Å². The molecule has 17 heavy (non-hydrogen) atoms. The molecule has 0 spiro atoms. The van der Waals surface area contributed by atoms with Crippen LogP contribution in [0.3, 0.4) is 0 Å². The summed E-state index contributed by atoms with van der Waals surface area (Å²) in [5, 5.41) is 19.7. The summed E-state index contributed by atoms with van der Waals surface area (Å²) >= 11 is 0. The van der Waals surface area contributed by atoms with Crippen LogP contribution < -0.4 is 4.74 Å². The third-order valence-electron chi connectivity index (χ3n) is 2.17. The van der Waals surface area contributed by atoms with Crippen LogP contribution in [0.1, 0.15) is 30.1 Å². The van der Waals surface area contributed by atoms with Crippen molar-refractivity contribution in [2.45, 2.75) is 19.8 Å². The predicted octanol–water partition coefficient (Wildman–Crippen LogP) is 2.47. The van der Waals surface area contributed by atoms with E-state index in [2.05, 4.69) is 0 Å². The molecule has 0 atom stereocenters. The molecular weight excluding hydrogens is 226 g/mol. The summed E-state index contributed by atoms with van der Waals surface area (Å²) in [4.78, 5) is 21.0. The molecule has 0 fully saturated rings. The Morgan fingerprint density at radius 1 is 1.53 bits per heavy atom. The first-order valence-electron chi connectivity index (χ1n) is 5.21. The van der Waals surface area contributed by atoms with Gasteiger partial charge in [0.15, 0.2) is 5.56 Å². The number of benzene rings is 1. The third-order valence-corrected chi connectivity index (χ3v) is 2.17. The highest BCUT2D eigenvalue weighted by molar-refractivity contribution is 5.95. The smallest absolute Gasteiger partial charge is 0.346 e. The molecule has 0 radical (unpaired) electrons. The van der Waals surface area contributed by atoms with Gasteiger partial charge >= 0.3 is 5.97 Å². The summed E-state index contributed by atoms with van der Waals surface area (Å²) in [7, 11) is 0. The van der Waals surface area contributed by atoms with E-state index in [-0.39, 0.29) is 5.75 Å². The fourth-order valence-corrected chi connectivity index (χ4v) is 1.33. The summed E-state index contributed by atoms with van der Waals surface area (Å²) < 4.78 is 5.24. The molecule has 0 bridgehead atoms. The van der Waals surface area contributed by atoms with Crippen LogP contribution in [0, 0.1) is 10.1 Å². The fourth-order valence-electron chi connectivity index (χ4n) is 1.33. The van der Waals surface area contributed by atoms with Crippen LogP contribution >= 0.6 is 0 Å². The van der Waals surface area contributed by atoms with Gasteiger partial charge in [-0.15, -0.1) is 0 Å². The molecule has 0 unspecified atom stereocenters. The summed E-state index contributed by atoms with van der Waals surface area (Å²) in [6.45, 7) is 2.31. The Labute approximate surface area is 98.0 Å². The molecule has 92 valence electrons. The molecule has 0 saturated heterocycles. The van der Waals surface area contributed by atoms with E-state index in [9.17, 15) is 14.9 Å². The number of aromatic carboxylic acids is 1. The van der Waals surface area contributed by atoms with Gasteiger partial charge < -0.3 is 9.84 Å². The number of carbonyl (C=O) groups is 1. The number of nitrogens with zero attached hydrogens (tertiary/aromatic N) is 1. The van der Waals surface area contributed by atoms with Crippen molar-refractivity contribution >= 4 is 11.7 Å². The molecule has 1 aromatic carbocycles. The van der Waals surface area contributed by atoms with E-state index in [0.29, 0.717) is 6.61 Å². The largest absolute Gasteiger partial charge is 0.492 e. The number of carboxylic acids is 1. The summed E-state index contributed by atoms with van der Waals surface area (Å²) in [6, 6.07) is 3.98. The number of carboxylic acid groups (broad SMARTS) is 1. The maximum absolute atomic E-state index is 11.0. The minimum absolute atomic E-state index is 0.0418. The maximum atomic E-state index is 11.0. The summed E-state index contributed by atoms with van der Waals surface area (Å²) in [5.41, 5.74) is -0.847. The maximum Gasteiger partial charge on any atom is 0.346 e. The van der Waals surface area contributed by atoms with E-state index in [0.717, 1.165) is 18.9 Å². The van der Waals surface area contributed by atoms with Gasteiger partial charge in [-0.1, -0.05) is 19.4 Å². The van der Waals surface area contributed by atoms with Crippen LogP contribution in [-0.4, -0.2) is 22.6 Å². The van der Waals surface area contributed by atoms with Gasteiger partial charge in [-0.3, -0.25) is 10.1 Å². The average Bonchev–Trinajstić information content (AvgIpc) is 2.28. The van der Waals surface area contributed by atoms with Gasteiger partial charge in [-0.05, 0) is 12.5 Å². The lowest BCUT2D eigenvalue weighted by Crippen LogP contribution is -2.07. The monoisotopic (exact) mass is 239 g/mol. The molecule has 0 heterocycles. The highest BCUT2D eigenvalue weighted by Crippen LogP contribution is 2.28. The van der Waals surface area contributed by atoms with Crippen molar-refractivity contribution in [2.24, 2.45) is 0 Å². The van der Waals surface area contributed by atoms with Crippen LogP contribution in [-0.2, 0) is 0 Å². The van der Waals surface area contributed by atoms with Gasteiger partial charge in [-0.25, -0.2) is 4.79 Å². The molecule has 0 aliphatic carbocycles. The Kier molecular flexibility index (Phi) is 4.45. The average molecular weight is 239 g/mol. The number of hydrogen-bond acceptors (Lipinski definition) is 4. The van der Waals surface area contributed by atoms with Gasteiger partial charge in [0.05, 0.1) is 11.5 Å².